The summed E-state index contributed by atoms with van der Waals surface area (Å²) in [6, 6.07) is 1.70. The number of morpholine rings is 1. The second-order valence-electron chi connectivity index (χ2n) is 6.55. The highest BCUT2D eigenvalue weighted by Gasteiger charge is 2.43. The zero-order valence-corrected chi connectivity index (χ0v) is 16.4. The van der Waals surface area contributed by atoms with Crippen LogP contribution in [-0.2, 0) is 9.53 Å². The first-order valence-electron chi connectivity index (χ1n) is 8.47. The minimum absolute atomic E-state index is 0.000900. The summed E-state index contributed by atoms with van der Waals surface area (Å²) in [4.78, 5) is 30.5. The van der Waals surface area contributed by atoms with Crippen LogP contribution in [0.3, 0.4) is 0 Å². The van der Waals surface area contributed by atoms with Crippen LogP contribution in [0.25, 0.3) is 0 Å². The Kier molecular flexibility index (Phi) is 4.59. The maximum atomic E-state index is 13.3. The molecule has 25 heavy (non-hydrogen) atoms. The lowest BCUT2D eigenvalue weighted by Crippen LogP contribution is -2.51. The third-order valence-electron chi connectivity index (χ3n) is 4.84. The quantitative estimate of drug-likeness (QED) is 0.809. The Morgan fingerprint density at radius 3 is 2.68 bits per heavy atom. The van der Waals surface area contributed by atoms with E-state index in [0.29, 0.717) is 31.9 Å². The Labute approximate surface area is 158 Å². The van der Waals surface area contributed by atoms with Gasteiger partial charge in [-0.25, -0.2) is 4.79 Å². The van der Waals surface area contributed by atoms with Crippen LogP contribution in [0.2, 0.25) is 0 Å². The SMILES string of the molecule is CC1=C(C(=O)N2CCOCC2)[C@@H](c2cc(Br)cs2)NC(=O)N1C1CC1. The number of ether oxygens (including phenoxy) is 1. The van der Waals surface area contributed by atoms with E-state index >= 15 is 0 Å². The van der Waals surface area contributed by atoms with Gasteiger partial charge in [0.25, 0.3) is 5.91 Å². The van der Waals surface area contributed by atoms with Crippen molar-refractivity contribution in [2.24, 2.45) is 0 Å². The number of carbonyl (C=O) groups is 2. The highest BCUT2D eigenvalue weighted by molar-refractivity contribution is 9.10. The Hall–Kier alpha value is -1.38. The molecule has 4 rings (SSSR count). The summed E-state index contributed by atoms with van der Waals surface area (Å²) < 4.78 is 6.33. The zero-order chi connectivity index (χ0) is 17.6. The number of urea groups is 1. The molecule has 1 N–H and O–H groups in total. The number of nitrogens with zero attached hydrogens (tertiary/aromatic N) is 2. The van der Waals surface area contributed by atoms with E-state index in [0.717, 1.165) is 27.9 Å². The van der Waals surface area contributed by atoms with E-state index in [1.165, 1.54) is 0 Å². The summed E-state index contributed by atoms with van der Waals surface area (Å²) in [7, 11) is 0. The molecule has 0 aromatic carbocycles. The molecule has 2 aliphatic heterocycles. The number of hydrogen-bond acceptors (Lipinski definition) is 4. The van der Waals surface area contributed by atoms with Crippen molar-refractivity contribution in [2.75, 3.05) is 26.3 Å². The van der Waals surface area contributed by atoms with Gasteiger partial charge >= 0.3 is 6.03 Å². The molecule has 134 valence electrons. The number of thiophene rings is 1. The summed E-state index contributed by atoms with van der Waals surface area (Å²) in [5.41, 5.74) is 1.47. The van der Waals surface area contributed by atoms with Crippen LogP contribution >= 0.6 is 27.3 Å². The molecule has 1 aliphatic carbocycles. The third kappa shape index (κ3) is 3.22. The van der Waals surface area contributed by atoms with Gasteiger partial charge in [-0.15, -0.1) is 11.3 Å². The first-order chi connectivity index (χ1) is 12.1. The van der Waals surface area contributed by atoms with Gasteiger partial charge in [-0.1, -0.05) is 0 Å². The summed E-state index contributed by atoms with van der Waals surface area (Å²) >= 11 is 5.01. The predicted molar refractivity (Wildman–Crippen MR) is 98.3 cm³/mol. The van der Waals surface area contributed by atoms with Gasteiger partial charge in [-0.05, 0) is 41.8 Å². The molecular weight excluding hydrogens is 406 g/mol. The molecule has 1 atom stereocenters. The smallest absolute Gasteiger partial charge is 0.322 e. The molecule has 0 unspecified atom stereocenters. The molecule has 3 aliphatic rings. The molecule has 1 saturated heterocycles. The maximum absolute atomic E-state index is 13.3. The fraction of sp³-hybridized carbons (Fsp3) is 0.529. The summed E-state index contributed by atoms with van der Waals surface area (Å²) in [6.07, 6.45) is 2.00. The molecule has 0 spiro atoms. The molecule has 0 radical (unpaired) electrons. The molecule has 1 saturated carbocycles. The van der Waals surface area contributed by atoms with Crippen LogP contribution in [0.5, 0.6) is 0 Å². The van der Waals surface area contributed by atoms with Gasteiger partial charge in [0.15, 0.2) is 0 Å². The van der Waals surface area contributed by atoms with Crippen LogP contribution in [0.4, 0.5) is 4.79 Å². The van der Waals surface area contributed by atoms with Crippen molar-refractivity contribution in [3.8, 4) is 0 Å². The van der Waals surface area contributed by atoms with Gasteiger partial charge < -0.3 is 15.0 Å². The number of halogens is 1. The molecule has 6 nitrogen and oxygen atoms in total. The fourth-order valence-electron chi connectivity index (χ4n) is 3.44. The average molecular weight is 426 g/mol. The van der Waals surface area contributed by atoms with Crippen LogP contribution in [0.1, 0.15) is 30.7 Å². The van der Waals surface area contributed by atoms with Crippen LogP contribution in [0, 0.1) is 0 Å². The van der Waals surface area contributed by atoms with E-state index in [1.54, 1.807) is 16.2 Å². The fourth-order valence-corrected chi connectivity index (χ4v) is 4.94. The van der Waals surface area contributed by atoms with E-state index in [4.69, 9.17) is 4.74 Å². The Morgan fingerprint density at radius 1 is 1.36 bits per heavy atom. The van der Waals surface area contributed by atoms with Crippen molar-refractivity contribution in [3.05, 3.63) is 32.1 Å². The molecular formula is C17H20BrN3O3S. The molecule has 8 heteroatoms. The van der Waals surface area contributed by atoms with Crippen LogP contribution in [-0.4, -0.2) is 54.1 Å². The molecule has 3 amide bonds. The number of amides is 3. The van der Waals surface area contributed by atoms with Gasteiger partial charge in [0.2, 0.25) is 0 Å². The highest BCUT2D eigenvalue weighted by Crippen LogP contribution is 2.40. The molecule has 3 heterocycles. The monoisotopic (exact) mass is 425 g/mol. The Balaban J connectivity index is 1.74. The number of nitrogens with one attached hydrogen (secondary N) is 1. The lowest BCUT2D eigenvalue weighted by Gasteiger charge is -2.38. The second-order valence-corrected chi connectivity index (χ2v) is 8.41. The first-order valence-corrected chi connectivity index (χ1v) is 10.1. The lowest BCUT2D eigenvalue weighted by molar-refractivity contribution is -0.131. The van der Waals surface area contributed by atoms with Crippen molar-refractivity contribution in [2.45, 2.75) is 31.8 Å². The van der Waals surface area contributed by atoms with Gasteiger partial charge in [0.05, 0.1) is 24.8 Å². The molecule has 2 fully saturated rings. The van der Waals surface area contributed by atoms with Gasteiger partial charge in [-0.3, -0.25) is 9.69 Å². The van der Waals surface area contributed by atoms with Crippen LogP contribution < -0.4 is 5.32 Å². The standard InChI is InChI=1S/C17H20BrN3O3S/c1-10-14(16(22)20-4-6-24-7-5-20)15(13-8-11(18)9-25-13)19-17(23)21(10)12-2-3-12/h8-9,12,15H,2-7H2,1H3,(H,19,23)/t15-/m1/s1. The van der Waals surface area contributed by atoms with Crippen molar-refractivity contribution >= 4 is 39.2 Å². The maximum Gasteiger partial charge on any atom is 0.322 e. The van der Waals surface area contributed by atoms with Gasteiger partial charge in [0.1, 0.15) is 0 Å². The normalized spacial score (nSPS) is 24.6. The summed E-state index contributed by atoms with van der Waals surface area (Å²) in [5.74, 6) is 0.000900. The van der Waals surface area contributed by atoms with E-state index in [2.05, 4.69) is 21.2 Å². The molecule has 1 aromatic rings. The highest BCUT2D eigenvalue weighted by atomic mass is 79.9. The number of carbonyl (C=O) groups excluding carboxylic acids is 2. The van der Waals surface area contributed by atoms with Crippen molar-refractivity contribution in [3.63, 3.8) is 0 Å². The van der Waals surface area contributed by atoms with Crippen molar-refractivity contribution < 1.29 is 14.3 Å². The topological polar surface area (TPSA) is 61.9 Å². The van der Waals surface area contributed by atoms with E-state index in [-0.39, 0.29) is 18.0 Å². The van der Waals surface area contributed by atoms with E-state index in [1.807, 2.05) is 23.3 Å². The first kappa shape index (κ1) is 17.1. The predicted octanol–water partition coefficient (Wildman–Crippen LogP) is 2.87. The van der Waals surface area contributed by atoms with Gasteiger partial charge in [0, 0.05) is 39.6 Å². The number of allylic oxidation sites excluding steroid dienone is 1. The number of rotatable bonds is 3. The minimum Gasteiger partial charge on any atom is -0.378 e. The Bertz CT molecular complexity index is 737. The lowest BCUT2D eigenvalue weighted by atomic mass is 9.98. The van der Waals surface area contributed by atoms with E-state index < -0.39 is 6.04 Å². The Morgan fingerprint density at radius 2 is 2.08 bits per heavy atom. The minimum atomic E-state index is -0.394. The summed E-state index contributed by atoms with van der Waals surface area (Å²) in [5, 5.41) is 5.03. The average Bonchev–Trinajstić information content (AvgIpc) is 3.34. The van der Waals surface area contributed by atoms with Gasteiger partial charge in [-0.2, -0.15) is 0 Å². The largest absolute Gasteiger partial charge is 0.378 e. The van der Waals surface area contributed by atoms with Crippen LogP contribution in [0.15, 0.2) is 27.2 Å². The molecule has 1 aromatic heterocycles. The third-order valence-corrected chi connectivity index (χ3v) is 6.60. The number of hydrogen-bond donors (Lipinski definition) is 1. The van der Waals surface area contributed by atoms with Crippen molar-refractivity contribution in [1.29, 1.82) is 0 Å². The van der Waals surface area contributed by atoms with E-state index in [9.17, 15) is 9.59 Å². The zero-order valence-electron chi connectivity index (χ0n) is 14.0. The van der Waals surface area contributed by atoms with Crippen molar-refractivity contribution in [1.82, 2.24) is 15.1 Å². The molecule has 0 bridgehead atoms. The second kappa shape index (κ2) is 6.74. The summed E-state index contributed by atoms with van der Waals surface area (Å²) in [6.45, 7) is 4.21.